The molecule has 0 heterocycles. The van der Waals surface area contributed by atoms with Crippen molar-refractivity contribution in [2.24, 2.45) is 0 Å². The Labute approximate surface area is 131 Å². The van der Waals surface area contributed by atoms with Gasteiger partial charge in [0, 0.05) is 18.4 Å². The van der Waals surface area contributed by atoms with Crippen LogP contribution >= 0.6 is 0 Å². The predicted octanol–water partition coefficient (Wildman–Crippen LogP) is 0.364. The first kappa shape index (κ1) is 17.4. The molecule has 0 unspecified atom stereocenters. The van der Waals surface area contributed by atoms with Gasteiger partial charge < -0.3 is 6.53 Å². The third-order valence-electron chi connectivity index (χ3n) is 2.69. The van der Waals surface area contributed by atoms with Gasteiger partial charge in [0.1, 0.15) is 0 Å². The van der Waals surface area contributed by atoms with Gasteiger partial charge in [0.2, 0.25) is 0 Å². The Morgan fingerprint density at radius 1 is 1.17 bits per heavy atom. The van der Waals surface area contributed by atoms with E-state index in [0.29, 0.717) is 24.3 Å². The Morgan fingerprint density at radius 2 is 1.72 bits per heavy atom. The summed E-state index contributed by atoms with van der Waals surface area (Å²) in [5, 5.41) is 8.48. The van der Waals surface area contributed by atoms with Crippen LogP contribution in [0.4, 0.5) is 0 Å². The molecule has 0 spiro atoms. The molecule has 1 aromatic carbocycles. The van der Waals surface area contributed by atoms with Crippen LogP contribution in [0.15, 0.2) is 24.3 Å². The molecular weight excluding hydrogens is 239 g/mol. The van der Waals surface area contributed by atoms with Gasteiger partial charge >= 0.3 is 35.5 Å². The molecule has 4 heteroatoms. The molecule has 1 aromatic rings. The molecule has 0 aliphatic carbocycles. The first-order valence-electron chi connectivity index (χ1n) is 5.85. The molecule has 1 N–H and O–H groups in total. The molecule has 0 atom stereocenters. The van der Waals surface area contributed by atoms with Crippen molar-refractivity contribution in [3.05, 3.63) is 35.4 Å². The number of carboxylic acid groups (broad SMARTS) is 1. The molecule has 0 saturated carbocycles. The normalized spacial score (nSPS) is 9.94. The van der Waals surface area contributed by atoms with Crippen LogP contribution in [0.2, 0.25) is 0 Å². The van der Waals surface area contributed by atoms with Crippen LogP contribution in [0.5, 0.6) is 0 Å². The van der Waals surface area contributed by atoms with E-state index in [2.05, 4.69) is 13.8 Å². The maximum absolute atomic E-state index is 11.7. The second-order valence-corrected chi connectivity index (χ2v) is 4.45. The summed E-state index contributed by atoms with van der Waals surface area (Å²) < 4.78 is 0. The van der Waals surface area contributed by atoms with Crippen molar-refractivity contribution >= 4 is 11.8 Å². The first-order chi connectivity index (χ1) is 8.00. The van der Waals surface area contributed by atoms with Gasteiger partial charge in [-0.05, 0) is 17.9 Å². The summed E-state index contributed by atoms with van der Waals surface area (Å²) >= 11 is 0. The second-order valence-electron chi connectivity index (χ2n) is 4.45. The average molecular weight is 258 g/mol. The van der Waals surface area contributed by atoms with E-state index < -0.39 is 5.97 Å². The molecule has 0 radical (unpaired) electrons. The topological polar surface area (TPSA) is 54.4 Å². The Balaban J connectivity index is 0. The molecule has 18 heavy (non-hydrogen) atoms. The van der Waals surface area contributed by atoms with Crippen molar-refractivity contribution in [1.29, 1.82) is 0 Å². The zero-order valence-corrected chi connectivity index (χ0v) is 13.3. The average Bonchev–Trinajstić information content (AvgIpc) is 2.28. The first-order valence-corrected chi connectivity index (χ1v) is 5.85. The van der Waals surface area contributed by atoms with E-state index in [0.717, 1.165) is 0 Å². The fraction of sp³-hybridized carbons (Fsp3) is 0.429. The maximum atomic E-state index is 11.7. The number of benzene rings is 1. The van der Waals surface area contributed by atoms with E-state index >= 15 is 0 Å². The van der Waals surface area contributed by atoms with Crippen LogP contribution in [0, 0.1) is 0 Å². The molecule has 0 aliphatic rings. The number of carbonyl (C=O) groups is 2. The molecule has 0 amide bonds. The minimum atomic E-state index is -0.854. The van der Waals surface area contributed by atoms with Crippen LogP contribution in [0.3, 0.4) is 0 Å². The van der Waals surface area contributed by atoms with E-state index in [9.17, 15) is 9.59 Å². The van der Waals surface area contributed by atoms with Crippen LogP contribution in [-0.4, -0.2) is 16.9 Å². The molecule has 0 aliphatic heterocycles. The van der Waals surface area contributed by atoms with Crippen molar-refractivity contribution in [3.63, 3.8) is 0 Å². The van der Waals surface area contributed by atoms with E-state index in [-0.39, 0.29) is 43.2 Å². The summed E-state index contributed by atoms with van der Waals surface area (Å²) in [5.74, 6) is -0.388. The largest absolute Gasteiger partial charge is 1.00 e. The maximum Gasteiger partial charge on any atom is 1.00 e. The number of rotatable bonds is 6. The monoisotopic (exact) mass is 258 g/mol. The summed E-state index contributed by atoms with van der Waals surface area (Å²) in [6.07, 6.45) is 0.753. The molecule has 0 saturated heterocycles. The molecule has 0 aromatic heterocycles. The van der Waals surface area contributed by atoms with Crippen LogP contribution in [-0.2, 0) is 4.79 Å². The quantitative estimate of drug-likeness (QED) is 0.592. The van der Waals surface area contributed by atoms with Crippen LogP contribution < -0.4 is 29.6 Å². The number of Topliss-reactive ketones (excluding diaryl/α,β-unsaturated/α-hetero) is 1. The summed E-state index contributed by atoms with van der Waals surface area (Å²) in [6.45, 7) is 4.20. The third kappa shape index (κ3) is 5.80. The Morgan fingerprint density at radius 3 is 2.17 bits per heavy atom. The molecule has 3 nitrogen and oxygen atoms in total. The minimum Gasteiger partial charge on any atom is -1.00 e. The Bertz CT molecular complexity index is 402. The van der Waals surface area contributed by atoms with Crippen molar-refractivity contribution in [2.75, 3.05) is 0 Å². The van der Waals surface area contributed by atoms with Gasteiger partial charge in [-0.25, -0.2) is 0 Å². The fourth-order valence-corrected chi connectivity index (χ4v) is 1.60. The number of hydrogen-bond acceptors (Lipinski definition) is 2. The molecule has 1 rings (SSSR count). The number of ketones is 1. The van der Waals surface area contributed by atoms with Gasteiger partial charge in [0.25, 0.3) is 0 Å². The van der Waals surface area contributed by atoms with E-state index in [1.165, 1.54) is 5.56 Å². The molecule has 0 bridgehead atoms. The summed E-state index contributed by atoms with van der Waals surface area (Å²) in [4.78, 5) is 22.0. The van der Waals surface area contributed by atoms with E-state index in [1.54, 1.807) is 0 Å². The number of carboxylic acids is 1. The van der Waals surface area contributed by atoms with Gasteiger partial charge in [-0.2, -0.15) is 0 Å². The van der Waals surface area contributed by atoms with E-state index in [4.69, 9.17) is 5.11 Å². The van der Waals surface area contributed by atoms with Gasteiger partial charge in [0.05, 0.1) is 0 Å². The Kier molecular flexibility index (Phi) is 8.16. The molecule has 0 fully saturated rings. The predicted molar refractivity (Wildman–Crippen MR) is 67.5 cm³/mol. The number of carbonyl (C=O) groups excluding carboxylic acids is 1. The van der Waals surface area contributed by atoms with Crippen molar-refractivity contribution in [2.45, 2.75) is 39.0 Å². The summed E-state index contributed by atoms with van der Waals surface area (Å²) in [7, 11) is 0. The summed E-state index contributed by atoms with van der Waals surface area (Å²) in [6, 6.07) is 7.54. The van der Waals surface area contributed by atoms with Crippen molar-refractivity contribution in [3.8, 4) is 0 Å². The Hall–Kier alpha value is -0.640. The van der Waals surface area contributed by atoms with Crippen LogP contribution in [0.1, 0.15) is 56.4 Å². The second kappa shape index (κ2) is 8.46. The number of hydrogen-bond donors (Lipinski definition) is 1. The van der Waals surface area contributed by atoms with E-state index in [1.807, 2.05) is 24.3 Å². The zero-order valence-electron chi connectivity index (χ0n) is 12.3. The fourth-order valence-electron chi connectivity index (χ4n) is 1.60. The van der Waals surface area contributed by atoms with Gasteiger partial charge in [0.15, 0.2) is 5.78 Å². The van der Waals surface area contributed by atoms with Gasteiger partial charge in [-0.3, -0.25) is 9.59 Å². The molecule has 94 valence electrons. The van der Waals surface area contributed by atoms with Crippen molar-refractivity contribution in [1.82, 2.24) is 0 Å². The van der Waals surface area contributed by atoms with Gasteiger partial charge in [-0.1, -0.05) is 38.1 Å². The summed E-state index contributed by atoms with van der Waals surface area (Å²) in [5.41, 5.74) is 1.87. The smallest absolute Gasteiger partial charge is 1.00 e. The van der Waals surface area contributed by atoms with Gasteiger partial charge in [-0.15, -0.1) is 0 Å². The zero-order chi connectivity index (χ0) is 12.8. The van der Waals surface area contributed by atoms with Crippen LogP contribution in [0.25, 0.3) is 0 Å². The molecular formula is C14H19NaO3. The van der Waals surface area contributed by atoms with Crippen molar-refractivity contribution < 1.29 is 45.7 Å². The number of aliphatic carboxylic acids is 1. The minimum absolute atomic E-state index is 0. The standard InChI is InChI=1S/C14H18O3.Na.H/c1-10(2)11-6-8-12(9-7-11)13(15)4-3-5-14(16)17;;/h6-10H,3-5H2,1-2H3,(H,16,17);;/q;+1;-1. The SMILES string of the molecule is CC(C)c1ccc(C(=O)CCCC(=O)O)cc1.[H-].[Na+]. The third-order valence-corrected chi connectivity index (χ3v) is 2.69.